The maximum atomic E-state index is 12.8. The third-order valence-electron chi connectivity index (χ3n) is 3.86. The maximum Gasteiger partial charge on any atom is 0.258 e. The molecule has 3 rings (SSSR count). The Morgan fingerprint density at radius 2 is 1.76 bits per heavy atom. The molecule has 0 saturated heterocycles. The average Bonchev–Trinajstić information content (AvgIpc) is 2.89. The van der Waals surface area contributed by atoms with Crippen molar-refractivity contribution < 1.29 is 14.3 Å². The Bertz CT molecular complexity index is 960. The largest absolute Gasteiger partial charge is 0.497 e. The van der Waals surface area contributed by atoms with Gasteiger partial charge in [0.25, 0.3) is 5.91 Å². The van der Waals surface area contributed by atoms with E-state index in [-0.39, 0.29) is 11.8 Å². The monoisotopic (exact) mass is 337 g/mol. The van der Waals surface area contributed by atoms with Gasteiger partial charge in [-0.25, -0.2) is 0 Å². The van der Waals surface area contributed by atoms with Crippen molar-refractivity contribution in [3.05, 3.63) is 53.7 Å². The highest BCUT2D eigenvalue weighted by Crippen LogP contribution is 2.27. The van der Waals surface area contributed by atoms with E-state index in [4.69, 9.17) is 4.74 Å². The predicted octanol–water partition coefficient (Wildman–Crippen LogP) is 3.70. The number of carbonyl (C=O) groups is 2. The van der Waals surface area contributed by atoms with Crippen LogP contribution in [0.4, 0.5) is 11.4 Å². The lowest BCUT2D eigenvalue weighted by atomic mass is 10.1. The van der Waals surface area contributed by atoms with Gasteiger partial charge in [-0.05, 0) is 43.3 Å². The molecule has 0 aliphatic rings. The lowest BCUT2D eigenvalue weighted by Crippen LogP contribution is -2.13. The number of rotatable bonds is 4. The highest BCUT2D eigenvalue weighted by Gasteiger charge is 2.17. The lowest BCUT2D eigenvalue weighted by molar-refractivity contribution is -0.114. The van der Waals surface area contributed by atoms with Gasteiger partial charge in [0.1, 0.15) is 5.75 Å². The van der Waals surface area contributed by atoms with Crippen molar-refractivity contribution in [3.63, 3.8) is 0 Å². The van der Waals surface area contributed by atoms with Crippen molar-refractivity contribution in [2.75, 3.05) is 17.7 Å². The second-order valence-corrected chi connectivity index (χ2v) is 5.75. The number of aromatic amines is 1. The summed E-state index contributed by atoms with van der Waals surface area (Å²) in [6.45, 7) is 3.29. The fourth-order valence-electron chi connectivity index (χ4n) is 2.80. The predicted molar refractivity (Wildman–Crippen MR) is 98.3 cm³/mol. The van der Waals surface area contributed by atoms with Gasteiger partial charge in [0.15, 0.2) is 0 Å². The SMILES string of the molecule is COc1ccc2[nH]c(C)c(C(=O)Nc3cccc(NC(C)=O)c3)c2c1. The number of aromatic nitrogens is 1. The Hall–Kier alpha value is -3.28. The summed E-state index contributed by atoms with van der Waals surface area (Å²) in [5.41, 5.74) is 3.45. The summed E-state index contributed by atoms with van der Waals surface area (Å²) in [5.74, 6) is 0.299. The average molecular weight is 337 g/mol. The lowest BCUT2D eigenvalue weighted by Gasteiger charge is -2.08. The van der Waals surface area contributed by atoms with Gasteiger partial charge >= 0.3 is 0 Å². The van der Waals surface area contributed by atoms with E-state index in [9.17, 15) is 9.59 Å². The first-order chi connectivity index (χ1) is 12.0. The fraction of sp³-hybridized carbons (Fsp3) is 0.158. The highest BCUT2D eigenvalue weighted by molar-refractivity contribution is 6.14. The number of carbonyl (C=O) groups excluding carboxylic acids is 2. The smallest absolute Gasteiger partial charge is 0.258 e. The molecule has 0 unspecified atom stereocenters. The van der Waals surface area contributed by atoms with E-state index < -0.39 is 0 Å². The molecular weight excluding hydrogens is 318 g/mol. The van der Waals surface area contributed by atoms with E-state index in [1.165, 1.54) is 6.92 Å². The zero-order chi connectivity index (χ0) is 18.0. The van der Waals surface area contributed by atoms with E-state index >= 15 is 0 Å². The molecule has 0 bridgehead atoms. The van der Waals surface area contributed by atoms with Crippen LogP contribution in [0.1, 0.15) is 23.0 Å². The molecule has 0 aliphatic carbocycles. The number of anilines is 2. The summed E-state index contributed by atoms with van der Waals surface area (Å²) in [7, 11) is 1.59. The van der Waals surface area contributed by atoms with E-state index in [2.05, 4.69) is 15.6 Å². The molecule has 0 fully saturated rings. The Morgan fingerprint density at radius 1 is 1.04 bits per heavy atom. The molecule has 1 heterocycles. The molecule has 6 nitrogen and oxygen atoms in total. The molecule has 128 valence electrons. The van der Waals surface area contributed by atoms with E-state index in [1.54, 1.807) is 31.4 Å². The minimum atomic E-state index is -0.225. The number of H-pyrrole nitrogens is 1. The number of hydrogen-bond donors (Lipinski definition) is 3. The first-order valence-corrected chi connectivity index (χ1v) is 7.83. The number of ether oxygens (including phenoxy) is 1. The molecule has 2 amide bonds. The number of hydrogen-bond acceptors (Lipinski definition) is 3. The number of benzene rings is 2. The highest BCUT2D eigenvalue weighted by atomic mass is 16.5. The summed E-state index contributed by atoms with van der Waals surface area (Å²) in [5, 5.41) is 6.37. The minimum absolute atomic E-state index is 0.164. The van der Waals surface area contributed by atoms with Gasteiger partial charge in [0.05, 0.1) is 12.7 Å². The fourth-order valence-corrected chi connectivity index (χ4v) is 2.80. The Morgan fingerprint density at radius 3 is 2.44 bits per heavy atom. The Labute approximate surface area is 145 Å². The quantitative estimate of drug-likeness (QED) is 0.679. The van der Waals surface area contributed by atoms with Crippen LogP contribution in [-0.2, 0) is 4.79 Å². The number of fused-ring (bicyclic) bond motifs is 1. The van der Waals surface area contributed by atoms with Crippen LogP contribution in [0.15, 0.2) is 42.5 Å². The van der Waals surface area contributed by atoms with Gasteiger partial charge in [0, 0.05) is 34.9 Å². The molecule has 0 spiro atoms. The Kier molecular flexibility index (Phi) is 4.43. The molecule has 0 saturated carbocycles. The topological polar surface area (TPSA) is 83.2 Å². The molecule has 3 aromatic rings. The number of nitrogens with one attached hydrogen (secondary N) is 3. The first-order valence-electron chi connectivity index (χ1n) is 7.83. The van der Waals surface area contributed by atoms with Gasteiger partial charge in [-0.2, -0.15) is 0 Å². The number of aryl methyl sites for hydroxylation is 1. The summed E-state index contributed by atoms with van der Waals surface area (Å²) >= 11 is 0. The van der Waals surface area contributed by atoms with Crippen LogP contribution < -0.4 is 15.4 Å². The third kappa shape index (κ3) is 3.47. The maximum absolute atomic E-state index is 12.8. The molecule has 0 aliphatic heterocycles. The zero-order valence-electron chi connectivity index (χ0n) is 14.3. The normalized spacial score (nSPS) is 10.5. The van der Waals surface area contributed by atoms with Crippen LogP contribution in [0.2, 0.25) is 0 Å². The number of methoxy groups -OCH3 is 1. The van der Waals surface area contributed by atoms with Crippen LogP contribution in [0.3, 0.4) is 0 Å². The molecule has 3 N–H and O–H groups in total. The van der Waals surface area contributed by atoms with Gasteiger partial charge < -0.3 is 20.4 Å². The van der Waals surface area contributed by atoms with Crippen molar-refractivity contribution in [2.45, 2.75) is 13.8 Å². The summed E-state index contributed by atoms with van der Waals surface area (Å²) in [6, 6.07) is 12.6. The molecule has 25 heavy (non-hydrogen) atoms. The van der Waals surface area contributed by atoms with Crippen molar-refractivity contribution in [1.29, 1.82) is 0 Å². The standard InChI is InChI=1S/C19H19N3O3/c1-11-18(16-10-15(25-3)7-8-17(16)20-11)19(24)22-14-6-4-5-13(9-14)21-12(2)23/h4-10,20H,1-3H3,(H,21,23)(H,22,24). The summed E-state index contributed by atoms with van der Waals surface area (Å²) < 4.78 is 5.25. The van der Waals surface area contributed by atoms with Crippen molar-refractivity contribution in [1.82, 2.24) is 4.98 Å². The molecule has 0 atom stereocenters. The van der Waals surface area contributed by atoms with Crippen molar-refractivity contribution in [2.24, 2.45) is 0 Å². The van der Waals surface area contributed by atoms with Crippen molar-refractivity contribution in [3.8, 4) is 5.75 Å². The van der Waals surface area contributed by atoms with Gasteiger partial charge in [-0.15, -0.1) is 0 Å². The molecule has 1 aromatic heterocycles. The summed E-state index contributed by atoms with van der Waals surface area (Å²) in [6.07, 6.45) is 0. The second kappa shape index (κ2) is 6.68. The van der Waals surface area contributed by atoms with Gasteiger partial charge in [-0.1, -0.05) is 6.07 Å². The number of amides is 2. The second-order valence-electron chi connectivity index (χ2n) is 5.75. The molecule has 6 heteroatoms. The van der Waals surface area contributed by atoms with Crippen molar-refractivity contribution >= 4 is 34.1 Å². The Balaban J connectivity index is 1.92. The van der Waals surface area contributed by atoms with Crippen LogP contribution in [-0.4, -0.2) is 23.9 Å². The molecular formula is C19H19N3O3. The summed E-state index contributed by atoms with van der Waals surface area (Å²) in [4.78, 5) is 27.2. The van der Waals surface area contributed by atoms with Crippen LogP contribution >= 0.6 is 0 Å². The van der Waals surface area contributed by atoms with Gasteiger partial charge in [-0.3, -0.25) is 9.59 Å². The van der Waals surface area contributed by atoms with Gasteiger partial charge in [0.2, 0.25) is 5.91 Å². The zero-order valence-corrected chi connectivity index (χ0v) is 14.3. The van der Waals surface area contributed by atoms with E-state index in [1.807, 2.05) is 25.1 Å². The third-order valence-corrected chi connectivity index (χ3v) is 3.86. The van der Waals surface area contributed by atoms with E-state index in [0.717, 1.165) is 16.6 Å². The van der Waals surface area contributed by atoms with Crippen LogP contribution in [0.5, 0.6) is 5.75 Å². The minimum Gasteiger partial charge on any atom is -0.497 e. The molecule has 2 aromatic carbocycles. The van der Waals surface area contributed by atoms with E-state index in [0.29, 0.717) is 22.7 Å². The first kappa shape index (κ1) is 16.6. The van der Waals surface area contributed by atoms with Crippen LogP contribution in [0, 0.1) is 6.92 Å². The van der Waals surface area contributed by atoms with Crippen LogP contribution in [0.25, 0.3) is 10.9 Å². The molecule has 0 radical (unpaired) electrons.